The van der Waals surface area contributed by atoms with Crippen molar-refractivity contribution in [3.8, 4) is 0 Å². The van der Waals surface area contributed by atoms with Crippen molar-refractivity contribution in [1.82, 2.24) is 25.5 Å². The zero-order valence-electron chi connectivity index (χ0n) is 14.9. The van der Waals surface area contributed by atoms with Gasteiger partial charge in [-0.25, -0.2) is 4.68 Å². The van der Waals surface area contributed by atoms with Gasteiger partial charge in [0.15, 0.2) is 0 Å². The molecule has 1 unspecified atom stereocenters. The summed E-state index contributed by atoms with van der Waals surface area (Å²) < 4.78 is 2.97. The van der Waals surface area contributed by atoms with Crippen LogP contribution in [0, 0.1) is 0 Å². The van der Waals surface area contributed by atoms with Gasteiger partial charge in [0.2, 0.25) is 11.1 Å². The second-order valence-electron chi connectivity index (χ2n) is 6.77. The maximum atomic E-state index is 12.2. The number of halogens is 1. The van der Waals surface area contributed by atoms with Gasteiger partial charge >= 0.3 is 0 Å². The van der Waals surface area contributed by atoms with Gasteiger partial charge in [0.1, 0.15) is 0 Å². The third-order valence-electron chi connectivity index (χ3n) is 4.65. The molecular weight excluding hydrogens is 414 g/mol. The van der Waals surface area contributed by atoms with Crippen LogP contribution in [0.15, 0.2) is 33.9 Å². The van der Waals surface area contributed by atoms with E-state index < -0.39 is 0 Å². The molecule has 1 atom stereocenters. The van der Waals surface area contributed by atoms with Crippen molar-refractivity contribution in [2.24, 2.45) is 0 Å². The molecule has 1 aromatic heterocycles. The number of aromatic nitrogens is 4. The average Bonchev–Trinajstić information content (AvgIpc) is 3.30. The summed E-state index contributed by atoms with van der Waals surface area (Å²) in [6, 6.07) is 8.83. The van der Waals surface area contributed by atoms with Crippen molar-refractivity contribution < 1.29 is 4.79 Å². The summed E-state index contributed by atoms with van der Waals surface area (Å²) >= 11 is 4.86. The largest absolute Gasteiger partial charge is 0.353 e. The van der Waals surface area contributed by atoms with E-state index in [0.717, 1.165) is 35.3 Å². The summed E-state index contributed by atoms with van der Waals surface area (Å²) in [5.74, 6) is 0.370. The molecule has 26 heavy (non-hydrogen) atoms. The normalized spacial score (nSPS) is 15.9. The summed E-state index contributed by atoms with van der Waals surface area (Å²) in [6.45, 7) is 2.05. The monoisotopic (exact) mass is 437 g/mol. The number of hydrogen-bond donors (Lipinski definition) is 1. The van der Waals surface area contributed by atoms with Gasteiger partial charge in [0.05, 0.1) is 11.8 Å². The van der Waals surface area contributed by atoms with Gasteiger partial charge in [-0.05, 0) is 60.7 Å². The molecule has 1 heterocycles. The number of nitrogens with zero attached hydrogens (tertiary/aromatic N) is 4. The Balaban J connectivity index is 1.41. The lowest BCUT2D eigenvalue weighted by molar-refractivity contribution is -0.119. The summed E-state index contributed by atoms with van der Waals surface area (Å²) in [6.07, 6.45) is 6.56. The van der Waals surface area contributed by atoms with Gasteiger partial charge in [-0.1, -0.05) is 52.7 Å². The Morgan fingerprint density at radius 3 is 2.81 bits per heavy atom. The van der Waals surface area contributed by atoms with Crippen LogP contribution in [0.4, 0.5) is 0 Å². The maximum Gasteiger partial charge on any atom is 0.230 e. The van der Waals surface area contributed by atoms with Crippen LogP contribution in [0.5, 0.6) is 0 Å². The quantitative estimate of drug-likeness (QED) is 0.635. The van der Waals surface area contributed by atoms with E-state index in [4.69, 9.17) is 0 Å². The molecule has 1 saturated carbocycles. The van der Waals surface area contributed by atoms with E-state index >= 15 is 0 Å². The number of thioether (sulfide) groups is 1. The van der Waals surface area contributed by atoms with Gasteiger partial charge in [-0.15, -0.1) is 5.10 Å². The molecule has 2 aromatic rings. The number of carbonyl (C=O) groups excluding carboxylic acids is 1. The Morgan fingerprint density at radius 1 is 1.35 bits per heavy atom. The molecule has 1 N–H and O–H groups in total. The summed E-state index contributed by atoms with van der Waals surface area (Å²) in [5.41, 5.74) is 1.28. The van der Waals surface area contributed by atoms with Crippen LogP contribution in [0.2, 0.25) is 0 Å². The molecule has 1 amide bonds. The molecule has 0 bridgehead atoms. The third-order valence-corrected chi connectivity index (χ3v) is 6.11. The van der Waals surface area contributed by atoms with E-state index in [2.05, 4.69) is 48.9 Å². The topological polar surface area (TPSA) is 72.7 Å². The number of carbonyl (C=O) groups is 1. The Bertz CT molecular complexity index is 715. The highest BCUT2D eigenvalue weighted by atomic mass is 79.9. The lowest BCUT2D eigenvalue weighted by Gasteiger charge is -2.14. The Kier molecular flexibility index (Phi) is 7.07. The molecular formula is C18H24BrN5OS. The number of benzene rings is 1. The van der Waals surface area contributed by atoms with E-state index in [1.54, 1.807) is 0 Å². The first-order chi connectivity index (χ1) is 12.6. The molecule has 0 radical (unpaired) electrons. The lowest BCUT2D eigenvalue weighted by atomic mass is 10.1. The highest BCUT2D eigenvalue weighted by molar-refractivity contribution is 9.10. The zero-order valence-corrected chi connectivity index (χ0v) is 17.3. The molecule has 3 rings (SSSR count). The summed E-state index contributed by atoms with van der Waals surface area (Å²) in [7, 11) is 0. The standard InChI is InChI=1S/C18H24BrN5OS/c1-13(6-7-14-8-10-15(19)11-9-14)20-17(25)12-26-18-21-22-23-24(18)16-4-2-3-5-16/h8-11,13,16H,2-7,12H2,1H3,(H,20,25). The van der Waals surface area contributed by atoms with Crippen LogP contribution < -0.4 is 5.32 Å². The Morgan fingerprint density at radius 2 is 2.08 bits per heavy atom. The van der Waals surface area contributed by atoms with Crippen molar-refractivity contribution in [1.29, 1.82) is 0 Å². The van der Waals surface area contributed by atoms with Gasteiger partial charge in [-0.3, -0.25) is 4.79 Å². The molecule has 140 valence electrons. The van der Waals surface area contributed by atoms with Crippen molar-refractivity contribution in [2.45, 2.75) is 62.7 Å². The molecule has 1 aromatic carbocycles. The predicted molar refractivity (Wildman–Crippen MR) is 106 cm³/mol. The first-order valence-corrected chi connectivity index (χ1v) is 10.8. The van der Waals surface area contributed by atoms with E-state index in [0.29, 0.717) is 11.8 Å². The number of rotatable bonds is 8. The van der Waals surface area contributed by atoms with E-state index in [1.807, 2.05) is 23.7 Å². The van der Waals surface area contributed by atoms with Gasteiger partial charge in [0.25, 0.3) is 0 Å². The number of aryl methyl sites for hydroxylation is 1. The molecule has 1 aliphatic rings. The molecule has 0 aliphatic heterocycles. The zero-order chi connectivity index (χ0) is 18.4. The number of amides is 1. The van der Waals surface area contributed by atoms with Crippen LogP contribution in [0.25, 0.3) is 0 Å². The fourth-order valence-corrected chi connectivity index (χ4v) is 4.23. The van der Waals surface area contributed by atoms with Crippen LogP contribution in [0.3, 0.4) is 0 Å². The maximum absolute atomic E-state index is 12.2. The van der Waals surface area contributed by atoms with Crippen molar-refractivity contribution >= 4 is 33.6 Å². The van der Waals surface area contributed by atoms with E-state index in [1.165, 1.54) is 30.2 Å². The second kappa shape index (κ2) is 9.50. The van der Waals surface area contributed by atoms with Crippen LogP contribution in [0.1, 0.15) is 50.6 Å². The SMILES string of the molecule is CC(CCc1ccc(Br)cc1)NC(=O)CSc1nnnn1C1CCCC1. The summed E-state index contributed by atoms with van der Waals surface area (Å²) in [5, 5.41) is 15.8. The summed E-state index contributed by atoms with van der Waals surface area (Å²) in [4.78, 5) is 12.2. The third kappa shape index (κ3) is 5.54. The highest BCUT2D eigenvalue weighted by Crippen LogP contribution is 2.31. The first-order valence-electron chi connectivity index (χ1n) is 9.06. The Labute approximate surface area is 166 Å². The highest BCUT2D eigenvalue weighted by Gasteiger charge is 2.22. The van der Waals surface area contributed by atoms with Crippen molar-refractivity contribution in [3.05, 3.63) is 34.3 Å². The van der Waals surface area contributed by atoms with E-state index in [9.17, 15) is 4.79 Å². The van der Waals surface area contributed by atoms with Gasteiger partial charge in [-0.2, -0.15) is 0 Å². The van der Waals surface area contributed by atoms with Gasteiger partial charge in [0, 0.05) is 10.5 Å². The minimum Gasteiger partial charge on any atom is -0.353 e. The molecule has 8 heteroatoms. The second-order valence-corrected chi connectivity index (χ2v) is 8.62. The fraction of sp³-hybridized carbons (Fsp3) is 0.556. The molecule has 6 nitrogen and oxygen atoms in total. The minimum atomic E-state index is 0.0271. The van der Waals surface area contributed by atoms with Gasteiger partial charge < -0.3 is 5.32 Å². The minimum absolute atomic E-state index is 0.0271. The van der Waals surface area contributed by atoms with Crippen molar-refractivity contribution in [2.75, 3.05) is 5.75 Å². The number of tetrazole rings is 1. The van der Waals surface area contributed by atoms with Crippen molar-refractivity contribution in [3.63, 3.8) is 0 Å². The molecule has 0 saturated heterocycles. The first kappa shape index (κ1) is 19.4. The van der Waals surface area contributed by atoms with Crippen LogP contribution >= 0.6 is 27.7 Å². The predicted octanol–water partition coefficient (Wildman–Crippen LogP) is 3.78. The molecule has 0 spiro atoms. The Hall–Kier alpha value is -1.41. The number of nitrogens with one attached hydrogen (secondary N) is 1. The fourth-order valence-electron chi connectivity index (χ4n) is 3.21. The smallest absolute Gasteiger partial charge is 0.230 e. The number of hydrogen-bond acceptors (Lipinski definition) is 5. The molecule has 1 aliphatic carbocycles. The average molecular weight is 438 g/mol. The molecule has 1 fully saturated rings. The van der Waals surface area contributed by atoms with Crippen LogP contribution in [-0.2, 0) is 11.2 Å². The van der Waals surface area contributed by atoms with Crippen LogP contribution in [-0.4, -0.2) is 37.9 Å². The lowest BCUT2D eigenvalue weighted by Crippen LogP contribution is -2.34. The van der Waals surface area contributed by atoms with E-state index in [-0.39, 0.29) is 11.9 Å².